The Balaban J connectivity index is 2.17. The van der Waals surface area contributed by atoms with E-state index in [1.807, 2.05) is 0 Å². The van der Waals surface area contributed by atoms with Gasteiger partial charge in [0, 0.05) is 23.5 Å². The largest absolute Gasteiger partial charge is 0.481 e. The Hall–Kier alpha value is -0.180. The van der Waals surface area contributed by atoms with Gasteiger partial charge in [0.15, 0.2) is 0 Å². The van der Waals surface area contributed by atoms with E-state index in [1.54, 1.807) is 0 Å². The second kappa shape index (κ2) is 2.91. The third-order valence-corrected chi connectivity index (χ3v) is 4.61. The van der Waals surface area contributed by atoms with E-state index in [2.05, 4.69) is 33.6 Å². The molecule has 1 heterocycles. The molecule has 80 valence electrons. The molecule has 5 atom stereocenters. The van der Waals surface area contributed by atoms with E-state index in [4.69, 9.17) is 0 Å². The van der Waals surface area contributed by atoms with Crippen LogP contribution in [0, 0.1) is 11.3 Å². The van der Waals surface area contributed by atoms with Gasteiger partial charge in [0.2, 0.25) is 0 Å². The zero-order chi connectivity index (χ0) is 10.6. The van der Waals surface area contributed by atoms with E-state index in [0.29, 0.717) is 0 Å². The molecule has 3 N–H and O–H groups in total. The summed E-state index contributed by atoms with van der Waals surface area (Å²) in [7, 11) is 2.50. The highest BCUT2D eigenvalue weighted by atomic mass is 31.0. The van der Waals surface area contributed by atoms with Crippen LogP contribution in [0.5, 0.6) is 0 Å². The number of hydrogen-bond acceptors (Lipinski definition) is 3. The van der Waals surface area contributed by atoms with Gasteiger partial charge in [0.25, 0.3) is 0 Å². The molecule has 4 nitrogen and oxygen atoms in total. The van der Waals surface area contributed by atoms with Crippen LogP contribution < -0.4 is 10.4 Å². The molecule has 1 aliphatic heterocycles. The second-order valence-corrected chi connectivity index (χ2v) is 5.19. The van der Waals surface area contributed by atoms with E-state index in [-0.39, 0.29) is 22.9 Å². The maximum Gasteiger partial charge on any atom is 0.308 e. The van der Waals surface area contributed by atoms with E-state index < -0.39 is 5.97 Å². The highest BCUT2D eigenvalue weighted by Crippen LogP contribution is 2.62. The average Bonchev–Trinajstić information content (AvgIpc) is 2.94. The summed E-state index contributed by atoms with van der Waals surface area (Å²) < 4.78 is 0. The van der Waals surface area contributed by atoms with E-state index in [9.17, 15) is 9.90 Å². The number of hydrogen-bond donors (Lipinski definition) is 3. The van der Waals surface area contributed by atoms with Crippen molar-refractivity contribution in [2.45, 2.75) is 31.8 Å². The lowest BCUT2D eigenvalue weighted by Crippen LogP contribution is -2.38. The fourth-order valence-corrected chi connectivity index (χ4v) is 2.98. The maximum absolute atomic E-state index is 11.2. The summed E-state index contributed by atoms with van der Waals surface area (Å²) >= 11 is 0. The fraction of sp³-hybridized carbons (Fsp3) is 0.889. The highest BCUT2D eigenvalue weighted by molar-refractivity contribution is 7.13. The molecule has 1 saturated carbocycles. The molecule has 0 aromatic carbocycles. The van der Waals surface area contributed by atoms with E-state index >= 15 is 0 Å². The minimum Gasteiger partial charge on any atom is -0.481 e. The number of carboxylic acids is 1. The molecule has 0 aromatic heterocycles. The van der Waals surface area contributed by atoms with Crippen molar-refractivity contribution in [1.82, 2.24) is 10.4 Å². The molecule has 0 aromatic rings. The molecule has 2 rings (SSSR count). The van der Waals surface area contributed by atoms with Crippen LogP contribution >= 0.6 is 9.39 Å². The SMILES string of the molecule is CC1(NP)CC1(C)C(C(=O)O)C1CN1. The predicted molar refractivity (Wildman–Crippen MR) is 56.9 cm³/mol. The Morgan fingerprint density at radius 1 is 1.71 bits per heavy atom. The van der Waals surface area contributed by atoms with Gasteiger partial charge in [-0.15, -0.1) is 0 Å². The Morgan fingerprint density at radius 2 is 2.29 bits per heavy atom. The lowest BCUT2D eigenvalue weighted by molar-refractivity contribution is -0.144. The van der Waals surface area contributed by atoms with Crippen LogP contribution in [-0.2, 0) is 4.79 Å². The minimum atomic E-state index is -0.675. The second-order valence-electron chi connectivity index (χ2n) is 4.90. The van der Waals surface area contributed by atoms with Crippen molar-refractivity contribution in [2.24, 2.45) is 11.3 Å². The molecule has 0 bridgehead atoms. The topological polar surface area (TPSA) is 71.3 Å². The quantitative estimate of drug-likeness (QED) is 0.464. The molecule has 0 radical (unpaired) electrons. The van der Waals surface area contributed by atoms with Crippen molar-refractivity contribution in [3.63, 3.8) is 0 Å². The summed E-state index contributed by atoms with van der Waals surface area (Å²) in [4.78, 5) is 11.2. The molecule has 0 spiro atoms. The summed E-state index contributed by atoms with van der Waals surface area (Å²) in [5.41, 5.74) is -0.153. The molecule has 14 heavy (non-hydrogen) atoms. The smallest absolute Gasteiger partial charge is 0.308 e. The van der Waals surface area contributed by atoms with E-state index in [1.165, 1.54) is 0 Å². The first-order valence-electron chi connectivity index (χ1n) is 4.88. The van der Waals surface area contributed by atoms with Crippen LogP contribution in [0.1, 0.15) is 20.3 Å². The molecule has 0 amide bonds. The van der Waals surface area contributed by atoms with Crippen LogP contribution in [-0.4, -0.2) is 29.2 Å². The van der Waals surface area contributed by atoms with Crippen LogP contribution in [0.25, 0.3) is 0 Å². The highest BCUT2D eigenvalue weighted by Gasteiger charge is 2.68. The zero-order valence-electron chi connectivity index (χ0n) is 8.50. The van der Waals surface area contributed by atoms with Gasteiger partial charge in [-0.2, -0.15) is 0 Å². The van der Waals surface area contributed by atoms with Crippen LogP contribution in [0.4, 0.5) is 0 Å². The standard InChI is InChI=1S/C9H17N2O2P/c1-8(4-9(8,2)11-14)6(7(12)13)5-3-10-5/h5-6,10-11H,3-4,14H2,1-2H3,(H,12,13). The van der Waals surface area contributed by atoms with Gasteiger partial charge < -0.3 is 10.4 Å². The van der Waals surface area contributed by atoms with Crippen LogP contribution in [0.3, 0.4) is 0 Å². The summed E-state index contributed by atoms with van der Waals surface area (Å²) in [6.45, 7) is 4.99. The Morgan fingerprint density at radius 3 is 2.57 bits per heavy atom. The first kappa shape index (κ1) is 10.3. The zero-order valence-corrected chi connectivity index (χ0v) is 9.66. The molecular weight excluding hydrogens is 199 g/mol. The molecule has 1 aliphatic carbocycles. The third-order valence-electron chi connectivity index (χ3n) is 3.97. The number of rotatable bonds is 4. The predicted octanol–water partition coefficient (Wildman–Crippen LogP) is 0.207. The van der Waals surface area contributed by atoms with Gasteiger partial charge in [-0.25, -0.2) is 0 Å². The molecule has 2 fully saturated rings. The number of carbonyl (C=O) groups is 1. The van der Waals surface area contributed by atoms with Crippen molar-refractivity contribution in [1.29, 1.82) is 0 Å². The van der Waals surface area contributed by atoms with Gasteiger partial charge in [-0.3, -0.25) is 9.88 Å². The monoisotopic (exact) mass is 216 g/mol. The van der Waals surface area contributed by atoms with Gasteiger partial charge in [0.05, 0.1) is 5.92 Å². The Kier molecular flexibility index (Phi) is 2.15. The first-order valence-corrected chi connectivity index (χ1v) is 5.46. The first-order chi connectivity index (χ1) is 6.44. The lowest BCUT2D eigenvalue weighted by Gasteiger charge is -2.24. The molecular formula is C9H17N2O2P. The van der Waals surface area contributed by atoms with Gasteiger partial charge >= 0.3 is 5.97 Å². The summed E-state index contributed by atoms with van der Waals surface area (Å²) in [5.74, 6) is -0.938. The van der Waals surface area contributed by atoms with E-state index in [0.717, 1.165) is 13.0 Å². The fourth-order valence-electron chi connectivity index (χ4n) is 2.55. The normalized spacial score (nSPS) is 47.2. The maximum atomic E-state index is 11.2. The number of nitrogens with one attached hydrogen (secondary N) is 2. The van der Waals surface area contributed by atoms with Gasteiger partial charge in [-0.1, -0.05) is 16.3 Å². The Labute approximate surface area is 86.1 Å². The lowest BCUT2D eigenvalue weighted by atomic mass is 9.84. The third kappa shape index (κ3) is 1.28. The van der Waals surface area contributed by atoms with Crippen molar-refractivity contribution in [3.05, 3.63) is 0 Å². The van der Waals surface area contributed by atoms with Gasteiger partial charge in [0.1, 0.15) is 0 Å². The minimum absolute atomic E-state index is 0.0367. The summed E-state index contributed by atoms with van der Waals surface area (Å²) in [6, 6.07) is 0.178. The van der Waals surface area contributed by atoms with Crippen LogP contribution in [0.2, 0.25) is 0 Å². The summed E-state index contributed by atoms with van der Waals surface area (Å²) in [5, 5.41) is 15.5. The summed E-state index contributed by atoms with van der Waals surface area (Å²) in [6.07, 6.45) is 0.929. The number of aliphatic carboxylic acids is 1. The molecule has 2 aliphatic rings. The molecule has 1 saturated heterocycles. The molecule has 5 unspecified atom stereocenters. The number of carboxylic acid groups (broad SMARTS) is 1. The van der Waals surface area contributed by atoms with Crippen molar-refractivity contribution in [3.8, 4) is 0 Å². The average molecular weight is 216 g/mol. The van der Waals surface area contributed by atoms with Crippen molar-refractivity contribution < 1.29 is 9.90 Å². The Bertz CT molecular complexity index is 282. The van der Waals surface area contributed by atoms with Crippen molar-refractivity contribution >= 4 is 15.4 Å². The molecule has 5 heteroatoms. The van der Waals surface area contributed by atoms with Crippen LogP contribution in [0.15, 0.2) is 0 Å². The van der Waals surface area contributed by atoms with Gasteiger partial charge in [-0.05, 0) is 13.3 Å². The van der Waals surface area contributed by atoms with Crippen molar-refractivity contribution in [2.75, 3.05) is 6.54 Å².